The van der Waals surface area contributed by atoms with Gasteiger partial charge in [-0.2, -0.15) is 8.42 Å². The summed E-state index contributed by atoms with van der Waals surface area (Å²) in [4.78, 5) is 10.2. The molecule has 4 nitrogen and oxygen atoms in total. The fraction of sp³-hybridized carbons (Fsp3) is 0.750. The lowest BCUT2D eigenvalue weighted by Crippen LogP contribution is -2.06. The van der Waals surface area contributed by atoms with E-state index in [4.69, 9.17) is 4.55 Å². The highest BCUT2D eigenvalue weighted by Gasteiger charge is 2.08. The van der Waals surface area contributed by atoms with Crippen molar-refractivity contribution in [1.82, 2.24) is 0 Å². The van der Waals surface area contributed by atoms with Crippen LogP contribution in [0.3, 0.4) is 0 Å². The second-order valence-corrected chi connectivity index (χ2v) is 4.69. The lowest BCUT2D eigenvalue weighted by molar-refractivity contribution is 0.476. The molecule has 1 atom stereocenters. The van der Waals surface area contributed by atoms with Crippen LogP contribution in [0.4, 0.5) is 0 Å². The van der Waals surface area contributed by atoms with Crippen molar-refractivity contribution in [2.45, 2.75) is 26.7 Å². The number of hydrogen-bond donors (Lipinski definition) is 1. The summed E-state index contributed by atoms with van der Waals surface area (Å²) in [5.74, 6) is 1.55. The summed E-state index contributed by atoms with van der Waals surface area (Å²) in [6.45, 7) is 3.48. The minimum Gasteiger partial charge on any atom is -0.286 e. The van der Waals surface area contributed by atoms with Crippen LogP contribution in [0.2, 0.25) is 0 Å². The summed E-state index contributed by atoms with van der Waals surface area (Å²) < 4.78 is 29.1. The van der Waals surface area contributed by atoms with E-state index >= 15 is 0 Å². The van der Waals surface area contributed by atoms with Crippen LogP contribution in [0.15, 0.2) is 5.57 Å². The average molecular weight is 206 g/mol. The first-order chi connectivity index (χ1) is 5.87. The average Bonchev–Trinajstić information content (AvgIpc) is 2.00. The smallest absolute Gasteiger partial charge is 0.264 e. The van der Waals surface area contributed by atoms with Gasteiger partial charge in [-0.3, -0.25) is 4.55 Å². The van der Waals surface area contributed by atoms with E-state index in [9.17, 15) is 13.2 Å². The van der Waals surface area contributed by atoms with Crippen LogP contribution in [0.5, 0.6) is 0 Å². The minimum atomic E-state index is -3.86. The fourth-order valence-electron chi connectivity index (χ4n) is 0.889. The predicted molar refractivity (Wildman–Crippen MR) is 49.7 cm³/mol. The minimum absolute atomic E-state index is 0.0271. The van der Waals surface area contributed by atoms with Crippen LogP contribution in [0.25, 0.3) is 0 Å². The topological polar surface area (TPSA) is 71.4 Å². The maximum atomic E-state index is 10.3. The quantitative estimate of drug-likeness (QED) is 0.539. The van der Waals surface area contributed by atoms with E-state index in [-0.39, 0.29) is 11.7 Å². The number of hydrogen-bond acceptors (Lipinski definition) is 3. The zero-order chi connectivity index (χ0) is 10.5. The molecule has 0 spiro atoms. The molecule has 1 unspecified atom stereocenters. The summed E-state index contributed by atoms with van der Waals surface area (Å²) >= 11 is 0. The first kappa shape index (κ1) is 12.4. The Hall–Kier alpha value is -0.640. The van der Waals surface area contributed by atoms with Gasteiger partial charge in [-0.05, 0) is 25.7 Å². The molecule has 0 aromatic heterocycles. The van der Waals surface area contributed by atoms with Gasteiger partial charge in [0.05, 0.1) is 5.75 Å². The molecule has 0 saturated heterocycles. The Morgan fingerprint density at radius 1 is 1.54 bits per heavy atom. The van der Waals surface area contributed by atoms with Crippen molar-refractivity contribution in [3.05, 3.63) is 5.57 Å². The van der Waals surface area contributed by atoms with Crippen molar-refractivity contribution in [3.8, 4) is 0 Å². The highest BCUT2D eigenvalue weighted by atomic mass is 32.2. The molecule has 76 valence electrons. The Labute approximate surface area is 78.4 Å². The van der Waals surface area contributed by atoms with Gasteiger partial charge in [0.25, 0.3) is 10.1 Å². The number of allylic oxidation sites excluding steroid dienone is 1. The highest BCUT2D eigenvalue weighted by molar-refractivity contribution is 7.85. The summed E-state index contributed by atoms with van der Waals surface area (Å²) in [5, 5.41) is 0. The van der Waals surface area contributed by atoms with Crippen LogP contribution >= 0.6 is 0 Å². The Balaban J connectivity index is 3.86. The molecule has 0 aliphatic carbocycles. The Bertz CT molecular complexity index is 298. The summed E-state index contributed by atoms with van der Waals surface area (Å²) in [5.41, 5.74) is 0.579. The molecular weight excluding hydrogens is 192 g/mol. The van der Waals surface area contributed by atoms with Gasteiger partial charge in [0.2, 0.25) is 0 Å². The third-order valence-electron chi connectivity index (χ3n) is 1.94. The molecule has 0 aromatic carbocycles. The molecular formula is C8H14O4S. The Kier molecular flexibility index (Phi) is 4.91. The SMILES string of the molecule is CC(=C=O)C(C)CCCS(=O)(=O)O. The molecule has 0 aromatic rings. The monoisotopic (exact) mass is 206 g/mol. The largest absolute Gasteiger partial charge is 0.286 e. The summed E-state index contributed by atoms with van der Waals surface area (Å²) in [7, 11) is -3.86. The molecule has 0 fully saturated rings. The second-order valence-electron chi connectivity index (χ2n) is 3.11. The summed E-state index contributed by atoms with van der Waals surface area (Å²) in [6.07, 6.45) is 0.930. The molecule has 0 aliphatic heterocycles. The van der Waals surface area contributed by atoms with Crippen LogP contribution in [-0.4, -0.2) is 24.7 Å². The van der Waals surface area contributed by atoms with Gasteiger partial charge in [-0.1, -0.05) is 6.92 Å². The van der Waals surface area contributed by atoms with Crippen LogP contribution in [-0.2, 0) is 14.9 Å². The third kappa shape index (κ3) is 6.51. The molecule has 0 heterocycles. The molecule has 0 amide bonds. The molecule has 13 heavy (non-hydrogen) atoms. The maximum absolute atomic E-state index is 10.3. The molecule has 0 radical (unpaired) electrons. The lowest BCUT2D eigenvalue weighted by atomic mass is 9.99. The van der Waals surface area contributed by atoms with Gasteiger partial charge < -0.3 is 0 Å². The van der Waals surface area contributed by atoms with Crippen molar-refractivity contribution >= 4 is 16.1 Å². The van der Waals surface area contributed by atoms with Gasteiger partial charge in [-0.15, -0.1) is 0 Å². The summed E-state index contributed by atoms with van der Waals surface area (Å²) in [6, 6.07) is 0. The van der Waals surface area contributed by atoms with Gasteiger partial charge >= 0.3 is 0 Å². The van der Waals surface area contributed by atoms with Crippen molar-refractivity contribution in [3.63, 3.8) is 0 Å². The molecule has 0 rings (SSSR count). The molecule has 0 saturated carbocycles. The second kappa shape index (κ2) is 5.17. The normalized spacial score (nSPS) is 13.5. The van der Waals surface area contributed by atoms with E-state index in [1.807, 2.05) is 6.92 Å². The van der Waals surface area contributed by atoms with Crippen molar-refractivity contribution in [2.75, 3.05) is 5.75 Å². The zero-order valence-electron chi connectivity index (χ0n) is 7.78. The van der Waals surface area contributed by atoms with Crippen molar-refractivity contribution in [1.29, 1.82) is 0 Å². The van der Waals surface area contributed by atoms with Crippen molar-refractivity contribution in [2.24, 2.45) is 5.92 Å². The van der Waals surface area contributed by atoms with Crippen LogP contribution < -0.4 is 0 Å². The lowest BCUT2D eigenvalue weighted by Gasteiger charge is -2.07. The van der Waals surface area contributed by atoms with E-state index in [1.165, 1.54) is 0 Å². The maximum Gasteiger partial charge on any atom is 0.264 e. The molecule has 0 bridgehead atoms. The van der Waals surface area contributed by atoms with Crippen LogP contribution in [0, 0.1) is 5.92 Å². The van der Waals surface area contributed by atoms with E-state index in [0.717, 1.165) is 0 Å². The van der Waals surface area contributed by atoms with E-state index < -0.39 is 10.1 Å². The predicted octanol–water partition coefficient (Wildman–Crippen LogP) is 1.07. The van der Waals surface area contributed by atoms with Crippen LogP contribution in [0.1, 0.15) is 26.7 Å². The van der Waals surface area contributed by atoms with E-state index in [0.29, 0.717) is 18.4 Å². The zero-order valence-corrected chi connectivity index (χ0v) is 8.60. The molecule has 0 aliphatic rings. The first-order valence-corrected chi connectivity index (χ1v) is 5.64. The van der Waals surface area contributed by atoms with Gasteiger partial charge in [0.1, 0.15) is 5.94 Å². The van der Waals surface area contributed by atoms with E-state index in [2.05, 4.69) is 0 Å². The molecule has 1 N–H and O–H groups in total. The van der Waals surface area contributed by atoms with Gasteiger partial charge in [0, 0.05) is 5.57 Å². The standard InChI is InChI=1S/C8H14O4S/c1-7(8(2)6-9)4-3-5-13(10,11)12/h7H,3-5H2,1-2H3,(H,10,11,12). The first-order valence-electron chi connectivity index (χ1n) is 4.03. The van der Waals surface area contributed by atoms with Crippen molar-refractivity contribution < 1.29 is 17.8 Å². The Morgan fingerprint density at radius 3 is 2.46 bits per heavy atom. The third-order valence-corrected chi connectivity index (χ3v) is 2.74. The molecule has 5 heteroatoms. The highest BCUT2D eigenvalue weighted by Crippen LogP contribution is 2.13. The van der Waals surface area contributed by atoms with Gasteiger partial charge in [-0.25, -0.2) is 4.79 Å². The number of carbonyl (C=O) groups excluding carboxylic acids is 1. The fourth-order valence-corrected chi connectivity index (χ4v) is 1.42. The van der Waals surface area contributed by atoms with E-state index in [1.54, 1.807) is 12.9 Å². The Morgan fingerprint density at radius 2 is 2.08 bits per heavy atom. The van der Waals surface area contributed by atoms with Gasteiger partial charge in [0.15, 0.2) is 0 Å². The number of rotatable bonds is 5.